The van der Waals surface area contributed by atoms with Crippen LogP contribution < -0.4 is 19.8 Å². The van der Waals surface area contributed by atoms with Crippen molar-refractivity contribution >= 4 is 28.8 Å². The van der Waals surface area contributed by atoms with Crippen molar-refractivity contribution in [2.75, 3.05) is 11.6 Å². The number of fused-ring (bicyclic) bond motifs is 1. The minimum Gasteiger partial charge on any atom is -0.333 e. The summed E-state index contributed by atoms with van der Waals surface area (Å²) < 4.78 is 2.18. The molecule has 0 unspecified atom stereocenters. The molecule has 0 spiro atoms. The SMILES string of the molecule is O=c1/c(=C/c2ccncc2)sc2n1CN(c1cccc([N+](=O)[O-])c1)CN=2. The van der Waals surface area contributed by atoms with Crippen molar-refractivity contribution in [1.29, 1.82) is 0 Å². The summed E-state index contributed by atoms with van der Waals surface area (Å²) in [5.74, 6) is 0. The summed E-state index contributed by atoms with van der Waals surface area (Å²) in [6, 6.07) is 9.98. The van der Waals surface area contributed by atoms with Gasteiger partial charge in [0.15, 0.2) is 4.80 Å². The number of benzene rings is 1. The van der Waals surface area contributed by atoms with E-state index in [0.717, 1.165) is 5.56 Å². The van der Waals surface area contributed by atoms with Crippen molar-refractivity contribution in [3.05, 3.63) is 84.2 Å². The van der Waals surface area contributed by atoms with Crippen molar-refractivity contribution in [2.45, 2.75) is 6.67 Å². The third-order valence-electron chi connectivity index (χ3n) is 3.99. The lowest BCUT2D eigenvalue weighted by Gasteiger charge is -2.25. The first-order valence-corrected chi connectivity index (χ1v) is 8.59. The number of thiazole rings is 1. The van der Waals surface area contributed by atoms with Crippen molar-refractivity contribution < 1.29 is 4.92 Å². The molecule has 26 heavy (non-hydrogen) atoms. The molecule has 130 valence electrons. The molecule has 4 rings (SSSR count). The molecular weight excluding hydrogens is 354 g/mol. The molecule has 0 saturated carbocycles. The topological polar surface area (TPSA) is 93.6 Å². The second kappa shape index (κ2) is 6.52. The van der Waals surface area contributed by atoms with Crippen molar-refractivity contribution in [1.82, 2.24) is 9.55 Å². The van der Waals surface area contributed by atoms with Gasteiger partial charge in [-0.1, -0.05) is 17.4 Å². The van der Waals surface area contributed by atoms with Crippen LogP contribution in [0.5, 0.6) is 0 Å². The lowest BCUT2D eigenvalue weighted by molar-refractivity contribution is -0.384. The molecule has 0 radical (unpaired) electrons. The summed E-state index contributed by atoms with van der Waals surface area (Å²) in [6.45, 7) is 0.648. The Hall–Kier alpha value is -3.33. The largest absolute Gasteiger partial charge is 0.333 e. The van der Waals surface area contributed by atoms with Crippen LogP contribution in [0.4, 0.5) is 11.4 Å². The fraction of sp³-hybridized carbons (Fsp3) is 0.118. The molecule has 0 atom stereocenters. The van der Waals surface area contributed by atoms with Gasteiger partial charge in [-0.05, 0) is 29.8 Å². The molecule has 9 heteroatoms. The van der Waals surface area contributed by atoms with E-state index in [1.54, 1.807) is 29.1 Å². The lowest BCUT2D eigenvalue weighted by Crippen LogP contribution is -2.42. The molecule has 0 aliphatic carbocycles. The summed E-state index contributed by atoms with van der Waals surface area (Å²) in [5.41, 5.74) is 1.44. The molecule has 2 aromatic heterocycles. The Morgan fingerprint density at radius 2 is 2.04 bits per heavy atom. The van der Waals surface area contributed by atoms with Crippen LogP contribution in [0.25, 0.3) is 6.08 Å². The third kappa shape index (κ3) is 3.00. The molecule has 0 saturated heterocycles. The zero-order chi connectivity index (χ0) is 18.1. The van der Waals surface area contributed by atoms with Crippen LogP contribution in [0.15, 0.2) is 58.6 Å². The van der Waals surface area contributed by atoms with Gasteiger partial charge in [-0.25, -0.2) is 4.99 Å². The smallest absolute Gasteiger partial charge is 0.271 e. The van der Waals surface area contributed by atoms with Gasteiger partial charge < -0.3 is 4.90 Å². The fourth-order valence-electron chi connectivity index (χ4n) is 2.69. The summed E-state index contributed by atoms with van der Waals surface area (Å²) in [4.78, 5) is 34.1. The molecule has 3 heterocycles. The molecule has 8 nitrogen and oxygen atoms in total. The number of hydrogen-bond acceptors (Lipinski definition) is 7. The normalized spacial score (nSPS) is 14.0. The van der Waals surface area contributed by atoms with Gasteiger partial charge >= 0.3 is 0 Å². The second-order valence-electron chi connectivity index (χ2n) is 5.66. The average Bonchev–Trinajstić information content (AvgIpc) is 2.98. The number of anilines is 1. The lowest BCUT2D eigenvalue weighted by atomic mass is 10.2. The van der Waals surface area contributed by atoms with E-state index in [1.807, 2.05) is 23.1 Å². The van der Waals surface area contributed by atoms with Gasteiger partial charge in [-0.15, -0.1) is 0 Å². The van der Waals surface area contributed by atoms with Gasteiger partial charge in [-0.3, -0.25) is 24.5 Å². The molecule has 0 fully saturated rings. The monoisotopic (exact) mass is 367 g/mol. The standard InChI is InChI=1S/C17H13N5O3S/c23-16-15(8-12-4-6-18-7-5-12)26-17-19-10-20(11-21(16)17)13-2-1-3-14(9-13)22(24)25/h1-9H,10-11H2/b15-8-. The Morgan fingerprint density at radius 3 is 2.81 bits per heavy atom. The van der Waals surface area contributed by atoms with Crippen LogP contribution in [-0.4, -0.2) is 21.1 Å². The second-order valence-corrected chi connectivity index (χ2v) is 6.67. The molecule has 1 aliphatic heterocycles. The Kier molecular flexibility index (Phi) is 4.05. The van der Waals surface area contributed by atoms with Crippen LogP contribution in [0.1, 0.15) is 5.56 Å². The average molecular weight is 367 g/mol. The fourth-order valence-corrected chi connectivity index (χ4v) is 3.65. The molecule has 0 amide bonds. The van der Waals surface area contributed by atoms with E-state index in [0.29, 0.717) is 28.4 Å². The van der Waals surface area contributed by atoms with E-state index < -0.39 is 4.92 Å². The summed E-state index contributed by atoms with van der Waals surface area (Å²) in [7, 11) is 0. The summed E-state index contributed by atoms with van der Waals surface area (Å²) in [6.07, 6.45) is 5.16. The Bertz CT molecular complexity index is 1150. The maximum absolute atomic E-state index is 12.7. The highest BCUT2D eigenvalue weighted by Gasteiger charge is 2.17. The van der Waals surface area contributed by atoms with Crippen molar-refractivity contribution in [3.8, 4) is 0 Å². The molecule has 3 aromatic rings. The minimum absolute atomic E-state index is 0.0117. The van der Waals surface area contributed by atoms with Crippen LogP contribution in [0.3, 0.4) is 0 Å². The van der Waals surface area contributed by atoms with E-state index >= 15 is 0 Å². The number of aromatic nitrogens is 2. The number of pyridine rings is 1. The maximum Gasteiger partial charge on any atom is 0.271 e. The minimum atomic E-state index is -0.436. The number of non-ortho nitro benzene ring substituents is 1. The van der Waals surface area contributed by atoms with Gasteiger partial charge in [-0.2, -0.15) is 0 Å². The zero-order valence-electron chi connectivity index (χ0n) is 13.5. The van der Waals surface area contributed by atoms with E-state index in [2.05, 4.69) is 9.98 Å². The van der Waals surface area contributed by atoms with Crippen LogP contribution in [-0.2, 0) is 6.67 Å². The number of nitro benzene ring substituents is 1. The van der Waals surface area contributed by atoms with E-state index in [4.69, 9.17) is 0 Å². The van der Waals surface area contributed by atoms with Gasteiger partial charge in [0.25, 0.3) is 11.2 Å². The van der Waals surface area contributed by atoms with E-state index in [9.17, 15) is 14.9 Å². The first-order valence-electron chi connectivity index (χ1n) is 7.77. The number of nitro groups is 1. The number of rotatable bonds is 3. The predicted molar refractivity (Wildman–Crippen MR) is 97.6 cm³/mol. The highest BCUT2D eigenvalue weighted by Crippen LogP contribution is 2.21. The Labute approximate surface area is 151 Å². The van der Waals surface area contributed by atoms with Gasteiger partial charge in [0.2, 0.25) is 0 Å². The van der Waals surface area contributed by atoms with Crippen LogP contribution in [0, 0.1) is 10.1 Å². The molecular formula is C17H13N5O3S. The highest BCUT2D eigenvalue weighted by atomic mass is 32.1. The highest BCUT2D eigenvalue weighted by molar-refractivity contribution is 7.07. The summed E-state index contributed by atoms with van der Waals surface area (Å²) in [5, 5.41) is 11.0. The number of nitrogens with zero attached hydrogens (tertiary/aromatic N) is 5. The number of hydrogen-bond donors (Lipinski definition) is 0. The predicted octanol–water partition coefficient (Wildman–Crippen LogP) is 1.10. The first kappa shape index (κ1) is 16.2. The van der Waals surface area contributed by atoms with Crippen LogP contribution in [0.2, 0.25) is 0 Å². The maximum atomic E-state index is 12.7. The van der Waals surface area contributed by atoms with E-state index in [1.165, 1.54) is 23.5 Å². The van der Waals surface area contributed by atoms with Gasteiger partial charge in [0.1, 0.15) is 13.3 Å². The molecule has 1 aromatic carbocycles. The quantitative estimate of drug-likeness (QED) is 0.510. The van der Waals surface area contributed by atoms with Gasteiger partial charge in [0, 0.05) is 30.2 Å². The first-order chi connectivity index (χ1) is 12.6. The van der Waals surface area contributed by atoms with E-state index in [-0.39, 0.29) is 11.2 Å². The van der Waals surface area contributed by atoms with Crippen molar-refractivity contribution in [2.24, 2.45) is 4.99 Å². The van der Waals surface area contributed by atoms with Gasteiger partial charge in [0.05, 0.1) is 9.46 Å². The zero-order valence-corrected chi connectivity index (χ0v) is 14.3. The Balaban J connectivity index is 1.70. The molecule has 0 N–H and O–H groups in total. The molecule has 1 aliphatic rings. The third-order valence-corrected chi connectivity index (χ3v) is 5.03. The molecule has 0 bridgehead atoms. The van der Waals surface area contributed by atoms with Crippen LogP contribution >= 0.6 is 11.3 Å². The summed E-state index contributed by atoms with van der Waals surface area (Å²) >= 11 is 1.33. The van der Waals surface area contributed by atoms with Crippen molar-refractivity contribution in [3.63, 3.8) is 0 Å². The Morgan fingerprint density at radius 1 is 1.23 bits per heavy atom.